The van der Waals surface area contributed by atoms with Gasteiger partial charge in [-0.1, -0.05) is 23.2 Å². The van der Waals surface area contributed by atoms with Crippen LogP contribution >= 0.6 is 23.2 Å². The maximum atomic E-state index is 11.9. The molecule has 2 rings (SSSR count). The molecule has 2 aromatic rings. The standard InChI is InChI=1S/C17H16Cl2N2O4/c1-17(2,15(22)23)25-14-5-3-12(4-6-14)21(16(20)24)13-8-10(18)7-11(19)9-13/h3-9H,1-2H3,(H2,20,24)(H,22,23). The molecule has 132 valence electrons. The third-order valence-corrected chi connectivity index (χ3v) is 3.75. The van der Waals surface area contributed by atoms with E-state index in [1.54, 1.807) is 36.4 Å². The Labute approximate surface area is 154 Å². The van der Waals surface area contributed by atoms with Crippen molar-refractivity contribution in [3.05, 3.63) is 52.5 Å². The van der Waals surface area contributed by atoms with Crippen LogP contribution in [-0.4, -0.2) is 22.7 Å². The van der Waals surface area contributed by atoms with Crippen LogP contribution in [0.15, 0.2) is 42.5 Å². The molecular formula is C17H16Cl2N2O4. The van der Waals surface area contributed by atoms with E-state index in [9.17, 15) is 9.59 Å². The molecule has 8 heteroatoms. The van der Waals surface area contributed by atoms with Crippen LogP contribution in [0, 0.1) is 0 Å². The van der Waals surface area contributed by atoms with Crippen LogP contribution in [0.4, 0.5) is 16.2 Å². The van der Waals surface area contributed by atoms with Gasteiger partial charge in [-0.3, -0.25) is 4.90 Å². The summed E-state index contributed by atoms with van der Waals surface area (Å²) in [5.41, 5.74) is 4.95. The van der Waals surface area contributed by atoms with Crippen molar-refractivity contribution in [2.45, 2.75) is 19.4 Å². The van der Waals surface area contributed by atoms with Gasteiger partial charge in [0.25, 0.3) is 0 Å². The summed E-state index contributed by atoms with van der Waals surface area (Å²) in [4.78, 5) is 24.2. The number of primary amides is 1. The number of carbonyl (C=O) groups excluding carboxylic acids is 1. The molecule has 0 unspecified atom stereocenters. The molecule has 0 aliphatic carbocycles. The van der Waals surface area contributed by atoms with E-state index >= 15 is 0 Å². The normalized spacial score (nSPS) is 11.0. The number of hydrogen-bond donors (Lipinski definition) is 2. The largest absolute Gasteiger partial charge is 0.478 e. The van der Waals surface area contributed by atoms with Crippen molar-refractivity contribution in [2.75, 3.05) is 4.90 Å². The van der Waals surface area contributed by atoms with E-state index in [1.807, 2.05) is 0 Å². The van der Waals surface area contributed by atoms with Gasteiger partial charge in [-0.2, -0.15) is 0 Å². The molecule has 2 amide bonds. The van der Waals surface area contributed by atoms with Gasteiger partial charge in [0, 0.05) is 10.0 Å². The van der Waals surface area contributed by atoms with Gasteiger partial charge in [0.2, 0.25) is 0 Å². The van der Waals surface area contributed by atoms with Crippen LogP contribution in [0.1, 0.15) is 13.8 Å². The fraction of sp³-hybridized carbons (Fsp3) is 0.176. The number of carboxylic acids is 1. The summed E-state index contributed by atoms with van der Waals surface area (Å²) in [6.07, 6.45) is 0. The summed E-state index contributed by atoms with van der Waals surface area (Å²) in [7, 11) is 0. The number of carbonyl (C=O) groups is 2. The van der Waals surface area contributed by atoms with Crippen LogP contribution in [0.3, 0.4) is 0 Å². The fourth-order valence-electron chi connectivity index (χ4n) is 2.07. The smallest absolute Gasteiger partial charge is 0.347 e. The molecule has 0 aliphatic rings. The minimum absolute atomic E-state index is 0.338. The van der Waals surface area contributed by atoms with E-state index in [0.29, 0.717) is 27.2 Å². The van der Waals surface area contributed by atoms with Crippen molar-refractivity contribution in [2.24, 2.45) is 5.73 Å². The molecule has 0 saturated carbocycles. The monoisotopic (exact) mass is 382 g/mol. The summed E-state index contributed by atoms with van der Waals surface area (Å²) in [6.45, 7) is 2.87. The zero-order chi connectivity index (χ0) is 18.8. The number of amides is 2. The van der Waals surface area contributed by atoms with E-state index in [4.69, 9.17) is 38.8 Å². The number of carboxylic acid groups (broad SMARTS) is 1. The molecule has 6 nitrogen and oxygen atoms in total. The molecule has 0 fully saturated rings. The highest BCUT2D eigenvalue weighted by atomic mass is 35.5. The zero-order valence-electron chi connectivity index (χ0n) is 13.5. The fourth-order valence-corrected chi connectivity index (χ4v) is 2.59. The highest BCUT2D eigenvalue weighted by Gasteiger charge is 2.29. The number of halogens is 2. The van der Waals surface area contributed by atoms with E-state index < -0.39 is 17.6 Å². The second kappa shape index (κ2) is 7.21. The molecule has 0 aliphatic heterocycles. The van der Waals surface area contributed by atoms with Crippen LogP contribution in [0.25, 0.3) is 0 Å². The van der Waals surface area contributed by atoms with E-state index in [2.05, 4.69) is 0 Å². The number of rotatable bonds is 5. The molecule has 3 N–H and O–H groups in total. The molecule has 0 bridgehead atoms. The highest BCUT2D eigenvalue weighted by Crippen LogP contribution is 2.32. The molecule has 0 radical (unpaired) electrons. The van der Waals surface area contributed by atoms with Crippen molar-refractivity contribution in [3.8, 4) is 5.75 Å². The van der Waals surface area contributed by atoms with E-state index in [1.165, 1.54) is 24.8 Å². The number of nitrogens with two attached hydrogens (primary N) is 1. The molecule has 0 heterocycles. The summed E-state index contributed by atoms with van der Waals surface area (Å²) in [5.74, 6) is -0.756. The van der Waals surface area contributed by atoms with E-state index in [0.717, 1.165) is 0 Å². The SMILES string of the molecule is CC(C)(Oc1ccc(N(C(N)=O)c2cc(Cl)cc(Cl)c2)cc1)C(=O)O. The lowest BCUT2D eigenvalue weighted by Gasteiger charge is -2.23. The average Bonchev–Trinajstić information content (AvgIpc) is 2.47. The Morgan fingerprint density at radius 1 is 1.04 bits per heavy atom. The van der Waals surface area contributed by atoms with Gasteiger partial charge in [-0.15, -0.1) is 0 Å². The van der Waals surface area contributed by atoms with Gasteiger partial charge >= 0.3 is 12.0 Å². The molecule has 0 atom stereocenters. The third kappa shape index (κ3) is 4.55. The first-order valence-electron chi connectivity index (χ1n) is 7.18. The second-order valence-electron chi connectivity index (χ2n) is 5.71. The minimum Gasteiger partial charge on any atom is -0.478 e. The van der Waals surface area contributed by atoms with Crippen molar-refractivity contribution in [3.63, 3.8) is 0 Å². The predicted octanol–water partition coefficient (Wildman–Crippen LogP) is 4.45. The van der Waals surface area contributed by atoms with Gasteiger partial charge < -0.3 is 15.6 Å². The van der Waals surface area contributed by atoms with Crippen LogP contribution < -0.4 is 15.4 Å². The zero-order valence-corrected chi connectivity index (χ0v) is 15.0. The molecule has 0 saturated heterocycles. The lowest BCUT2D eigenvalue weighted by atomic mass is 10.1. The first-order valence-corrected chi connectivity index (χ1v) is 7.94. The first kappa shape index (κ1) is 18.9. The van der Waals surface area contributed by atoms with Gasteiger partial charge in [-0.05, 0) is 56.3 Å². The van der Waals surface area contributed by atoms with Crippen molar-refractivity contribution >= 4 is 46.6 Å². The lowest BCUT2D eigenvalue weighted by molar-refractivity contribution is -0.152. The number of benzene rings is 2. The minimum atomic E-state index is -1.38. The van der Waals surface area contributed by atoms with Crippen LogP contribution in [-0.2, 0) is 4.79 Å². The number of ether oxygens (including phenoxy) is 1. The number of urea groups is 1. The molecule has 0 aromatic heterocycles. The quantitative estimate of drug-likeness (QED) is 0.798. The molecular weight excluding hydrogens is 367 g/mol. The summed E-state index contributed by atoms with van der Waals surface area (Å²) in [6, 6.07) is 10.2. The van der Waals surface area contributed by atoms with Crippen molar-refractivity contribution < 1.29 is 19.4 Å². The van der Waals surface area contributed by atoms with Gasteiger partial charge in [0.05, 0.1) is 11.4 Å². The Hall–Kier alpha value is -2.44. The Morgan fingerprint density at radius 2 is 1.56 bits per heavy atom. The van der Waals surface area contributed by atoms with Gasteiger partial charge in [-0.25, -0.2) is 9.59 Å². The summed E-state index contributed by atoms with van der Waals surface area (Å²) >= 11 is 12.0. The third-order valence-electron chi connectivity index (χ3n) is 3.31. The maximum Gasteiger partial charge on any atom is 0.347 e. The maximum absolute atomic E-state index is 11.9. The van der Waals surface area contributed by atoms with Gasteiger partial charge in [0.15, 0.2) is 5.60 Å². The summed E-state index contributed by atoms with van der Waals surface area (Å²) in [5, 5.41) is 9.82. The Morgan fingerprint density at radius 3 is 2.00 bits per heavy atom. The summed E-state index contributed by atoms with van der Waals surface area (Å²) < 4.78 is 5.43. The van der Waals surface area contributed by atoms with Crippen LogP contribution in [0.2, 0.25) is 10.0 Å². The Kier molecular flexibility index (Phi) is 5.45. The topological polar surface area (TPSA) is 92.9 Å². The van der Waals surface area contributed by atoms with Crippen molar-refractivity contribution in [1.82, 2.24) is 0 Å². The Bertz CT molecular complexity index is 787. The lowest BCUT2D eigenvalue weighted by Crippen LogP contribution is -2.37. The number of aliphatic carboxylic acids is 1. The highest BCUT2D eigenvalue weighted by molar-refractivity contribution is 6.35. The Balaban J connectivity index is 2.34. The molecule has 2 aromatic carbocycles. The average molecular weight is 383 g/mol. The van der Waals surface area contributed by atoms with Crippen LogP contribution in [0.5, 0.6) is 5.75 Å². The number of anilines is 2. The van der Waals surface area contributed by atoms with E-state index in [-0.39, 0.29) is 0 Å². The number of hydrogen-bond acceptors (Lipinski definition) is 3. The second-order valence-corrected chi connectivity index (χ2v) is 6.59. The molecule has 0 spiro atoms. The molecule has 25 heavy (non-hydrogen) atoms. The van der Waals surface area contributed by atoms with Crippen molar-refractivity contribution in [1.29, 1.82) is 0 Å². The number of nitrogens with zero attached hydrogens (tertiary/aromatic N) is 1. The van der Waals surface area contributed by atoms with Gasteiger partial charge in [0.1, 0.15) is 5.75 Å². The predicted molar refractivity (Wildman–Crippen MR) is 97.0 cm³/mol. The first-order chi connectivity index (χ1) is 11.6.